The van der Waals surface area contributed by atoms with Crippen molar-refractivity contribution < 1.29 is 19.1 Å². The Morgan fingerprint density at radius 3 is 2.36 bits per heavy atom. The number of hydrogen-bond acceptors (Lipinski definition) is 7. The first-order chi connectivity index (χ1) is 15.9. The topological polar surface area (TPSA) is 93.6 Å². The number of aryl methyl sites for hydroxylation is 2. The summed E-state index contributed by atoms with van der Waals surface area (Å²) in [6, 6.07) is 18.7. The SMILES string of the molecule is COC(=O)[C@@H](Oc1nc(C)cc(C)n1)[C@@]1(c2ccccc2)NCC(=O)N(C)c2ccccc21. The molecule has 33 heavy (non-hydrogen) atoms. The fraction of sp³-hybridized carbons (Fsp3) is 0.280. The van der Waals surface area contributed by atoms with Gasteiger partial charge in [-0.3, -0.25) is 10.1 Å². The summed E-state index contributed by atoms with van der Waals surface area (Å²) < 4.78 is 11.4. The van der Waals surface area contributed by atoms with Gasteiger partial charge in [0.2, 0.25) is 12.0 Å². The predicted molar refractivity (Wildman–Crippen MR) is 123 cm³/mol. The van der Waals surface area contributed by atoms with Crippen LogP contribution in [-0.2, 0) is 19.9 Å². The Morgan fingerprint density at radius 2 is 1.70 bits per heavy atom. The summed E-state index contributed by atoms with van der Waals surface area (Å²) in [7, 11) is 3.02. The van der Waals surface area contributed by atoms with Gasteiger partial charge in [-0.15, -0.1) is 0 Å². The minimum atomic E-state index is -1.26. The molecular weight excluding hydrogens is 420 g/mol. The van der Waals surface area contributed by atoms with Crippen molar-refractivity contribution >= 4 is 17.6 Å². The molecule has 0 saturated carbocycles. The van der Waals surface area contributed by atoms with Gasteiger partial charge >= 0.3 is 12.0 Å². The van der Waals surface area contributed by atoms with Crippen molar-refractivity contribution in [3.8, 4) is 6.01 Å². The number of nitrogens with zero attached hydrogens (tertiary/aromatic N) is 3. The lowest BCUT2D eigenvalue weighted by molar-refractivity contribution is -0.153. The quantitative estimate of drug-likeness (QED) is 0.602. The molecule has 0 fully saturated rings. The highest BCUT2D eigenvalue weighted by Gasteiger charge is 2.52. The van der Waals surface area contributed by atoms with Crippen LogP contribution in [-0.4, -0.2) is 48.7 Å². The molecule has 8 nitrogen and oxygen atoms in total. The second-order valence-corrected chi connectivity index (χ2v) is 7.95. The highest BCUT2D eigenvalue weighted by Crippen LogP contribution is 2.41. The smallest absolute Gasteiger partial charge is 0.349 e. The standard InChI is InChI=1S/C25H26N4O4/c1-16-14-17(2)28-24(27-16)33-22(23(31)32-4)25(18-10-6-5-7-11-18)19-12-8-9-13-20(19)29(3)21(30)15-26-25/h5-14,22,26H,15H2,1-4H3/t22-,25+/m1/s1. The number of esters is 1. The van der Waals surface area contributed by atoms with E-state index in [2.05, 4.69) is 15.3 Å². The number of carbonyl (C=O) groups excluding carboxylic acids is 2. The summed E-state index contributed by atoms with van der Waals surface area (Å²) in [5, 5.41) is 3.34. The molecule has 170 valence electrons. The van der Waals surface area contributed by atoms with Crippen molar-refractivity contribution in [3.05, 3.63) is 83.2 Å². The van der Waals surface area contributed by atoms with E-state index in [9.17, 15) is 9.59 Å². The van der Waals surface area contributed by atoms with Gasteiger partial charge in [0.1, 0.15) is 5.54 Å². The Hall–Kier alpha value is -3.78. The molecule has 1 aromatic heterocycles. The zero-order chi connectivity index (χ0) is 23.6. The Morgan fingerprint density at radius 1 is 1.06 bits per heavy atom. The Labute approximate surface area is 192 Å². The fourth-order valence-corrected chi connectivity index (χ4v) is 4.28. The van der Waals surface area contributed by atoms with Gasteiger partial charge in [0.15, 0.2) is 0 Å². The molecule has 0 spiro atoms. The third-order valence-corrected chi connectivity index (χ3v) is 5.81. The van der Waals surface area contributed by atoms with Crippen LogP contribution in [0.25, 0.3) is 0 Å². The summed E-state index contributed by atoms with van der Waals surface area (Å²) in [6.45, 7) is 3.63. The highest BCUT2D eigenvalue weighted by molar-refractivity contribution is 5.97. The van der Waals surface area contributed by atoms with Crippen LogP contribution in [0.1, 0.15) is 22.5 Å². The lowest BCUT2D eigenvalue weighted by Gasteiger charge is -2.40. The number of benzene rings is 2. The maximum absolute atomic E-state index is 13.3. The van der Waals surface area contributed by atoms with Gasteiger partial charge < -0.3 is 14.4 Å². The molecule has 1 amide bonds. The molecular formula is C25H26N4O4. The van der Waals surface area contributed by atoms with Crippen molar-refractivity contribution in [1.82, 2.24) is 15.3 Å². The number of nitrogens with one attached hydrogen (secondary N) is 1. The summed E-state index contributed by atoms with van der Waals surface area (Å²) in [4.78, 5) is 36.5. The third kappa shape index (κ3) is 4.05. The minimum Gasteiger partial charge on any atom is -0.466 e. The lowest BCUT2D eigenvalue weighted by Crippen LogP contribution is -2.59. The average Bonchev–Trinajstić information content (AvgIpc) is 2.93. The van der Waals surface area contributed by atoms with E-state index >= 15 is 0 Å². The molecule has 1 aliphatic heterocycles. The lowest BCUT2D eigenvalue weighted by atomic mass is 9.77. The largest absolute Gasteiger partial charge is 0.466 e. The van der Waals surface area contributed by atoms with Gasteiger partial charge in [0.25, 0.3) is 0 Å². The van der Waals surface area contributed by atoms with Crippen molar-refractivity contribution in [2.45, 2.75) is 25.5 Å². The molecule has 0 saturated heterocycles. The van der Waals surface area contributed by atoms with E-state index in [-0.39, 0.29) is 18.5 Å². The number of fused-ring (bicyclic) bond motifs is 1. The summed E-state index contributed by atoms with van der Waals surface area (Å²) in [5.74, 6) is -0.771. The van der Waals surface area contributed by atoms with Gasteiger partial charge in [-0.05, 0) is 31.5 Å². The molecule has 2 heterocycles. The molecule has 0 bridgehead atoms. The molecule has 3 aromatic rings. The van der Waals surface area contributed by atoms with Crippen LogP contribution in [0.5, 0.6) is 6.01 Å². The second-order valence-electron chi connectivity index (χ2n) is 7.95. The van der Waals surface area contributed by atoms with Crippen LogP contribution in [0.15, 0.2) is 60.7 Å². The zero-order valence-corrected chi connectivity index (χ0v) is 19.0. The van der Waals surface area contributed by atoms with Gasteiger partial charge in [0, 0.05) is 29.7 Å². The first-order valence-electron chi connectivity index (χ1n) is 10.6. The van der Waals surface area contributed by atoms with Gasteiger partial charge in [-0.25, -0.2) is 14.8 Å². The molecule has 1 N–H and O–H groups in total. The number of para-hydroxylation sites is 1. The number of rotatable bonds is 5. The number of ether oxygens (including phenoxy) is 2. The normalized spacial score (nSPS) is 18.8. The summed E-state index contributed by atoms with van der Waals surface area (Å²) in [6.07, 6.45) is -1.23. The molecule has 0 aliphatic carbocycles. The van der Waals surface area contributed by atoms with E-state index < -0.39 is 17.6 Å². The second kappa shape index (κ2) is 8.99. The van der Waals surface area contributed by atoms with Crippen molar-refractivity contribution in [2.24, 2.45) is 0 Å². The van der Waals surface area contributed by atoms with E-state index in [1.54, 1.807) is 11.9 Å². The average molecular weight is 447 g/mol. The number of aromatic nitrogens is 2. The molecule has 2 atom stereocenters. The van der Waals surface area contributed by atoms with Crippen LogP contribution in [0.2, 0.25) is 0 Å². The summed E-state index contributed by atoms with van der Waals surface area (Å²) in [5.41, 5.74) is 2.25. The molecule has 4 rings (SSSR count). The molecule has 8 heteroatoms. The third-order valence-electron chi connectivity index (χ3n) is 5.81. The van der Waals surface area contributed by atoms with Crippen LogP contribution in [0.3, 0.4) is 0 Å². The number of amides is 1. The fourth-order valence-electron chi connectivity index (χ4n) is 4.28. The Bertz CT molecular complexity index is 1160. The van der Waals surface area contributed by atoms with Gasteiger partial charge in [-0.2, -0.15) is 0 Å². The van der Waals surface area contributed by atoms with Gasteiger partial charge in [-0.1, -0.05) is 48.5 Å². The number of anilines is 1. The highest BCUT2D eigenvalue weighted by atomic mass is 16.6. The maximum atomic E-state index is 13.3. The predicted octanol–water partition coefficient (Wildman–Crippen LogP) is 2.52. The van der Waals surface area contributed by atoms with Gasteiger partial charge in [0.05, 0.1) is 13.7 Å². The van der Waals surface area contributed by atoms with Crippen molar-refractivity contribution in [1.29, 1.82) is 0 Å². The molecule has 1 aliphatic rings. The van der Waals surface area contributed by atoms with Crippen LogP contribution in [0, 0.1) is 13.8 Å². The van der Waals surface area contributed by atoms with Crippen LogP contribution >= 0.6 is 0 Å². The molecule has 0 unspecified atom stereocenters. The number of hydrogen-bond donors (Lipinski definition) is 1. The number of carbonyl (C=O) groups is 2. The van der Waals surface area contributed by atoms with Crippen LogP contribution in [0.4, 0.5) is 5.69 Å². The minimum absolute atomic E-state index is 0.0232. The molecule has 0 radical (unpaired) electrons. The number of methoxy groups -OCH3 is 1. The monoisotopic (exact) mass is 446 g/mol. The van der Waals surface area contributed by atoms with E-state index in [0.717, 1.165) is 5.56 Å². The van der Waals surface area contributed by atoms with Crippen LogP contribution < -0.4 is 15.0 Å². The number of likely N-dealkylation sites (N-methyl/N-ethyl adjacent to an activating group) is 1. The first-order valence-corrected chi connectivity index (χ1v) is 10.6. The maximum Gasteiger partial charge on any atom is 0.349 e. The van der Waals surface area contributed by atoms with E-state index in [4.69, 9.17) is 9.47 Å². The Balaban J connectivity index is 2.00. The summed E-state index contributed by atoms with van der Waals surface area (Å²) >= 11 is 0. The molecule has 2 aromatic carbocycles. The van der Waals surface area contributed by atoms with E-state index in [0.29, 0.717) is 22.6 Å². The first kappa shape index (κ1) is 22.4. The van der Waals surface area contributed by atoms with E-state index in [1.807, 2.05) is 74.5 Å². The van der Waals surface area contributed by atoms with Crippen molar-refractivity contribution in [2.75, 3.05) is 25.6 Å². The Kier molecular flexibility index (Phi) is 6.11. The van der Waals surface area contributed by atoms with Crippen molar-refractivity contribution in [3.63, 3.8) is 0 Å². The zero-order valence-electron chi connectivity index (χ0n) is 19.0. The van der Waals surface area contributed by atoms with E-state index in [1.165, 1.54) is 7.11 Å².